The van der Waals surface area contributed by atoms with Gasteiger partial charge in [0, 0.05) is 24.7 Å². The van der Waals surface area contributed by atoms with Crippen LogP contribution in [-0.2, 0) is 31.4 Å². The lowest BCUT2D eigenvalue weighted by Gasteiger charge is -2.27. The van der Waals surface area contributed by atoms with Crippen molar-refractivity contribution in [2.24, 2.45) is 7.05 Å². The van der Waals surface area contributed by atoms with Gasteiger partial charge in [0.15, 0.2) is 0 Å². The Balaban J connectivity index is 1.48. The Morgan fingerprint density at radius 3 is 2.85 bits per heavy atom. The predicted octanol–water partition coefficient (Wildman–Crippen LogP) is 1.36. The molecule has 0 radical (unpaired) electrons. The number of aliphatic hydroxyl groups excluding tert-OH is 1. The summed E-state index contributed by atoms with van der Waals surface area (Å²) in [5.41, 5.74) is 3.06. The van der Waals surface area contributed by atoms with Gasteiger partial charge in [-0.1, -0.05) is 0 Å². The number of amides is 1. The maximum absolute atomic E-state index is 12.7. The second kappa shape index (κ2) is 6.90. The standard InChI is InChI=1S/C18H22N6O2S/c1-11-14(20-12(2)27-11)9-17(25)23-6-7-24-13(10-23)8-15(21-24)18(26)16-4-5-19-22(16)3/h4-5,8,18,26H,6-7,9-10H2,1-3H3/t18-/m0/s1. The van der Waals surface area contributed by atoms with Crippen molar-refractivity contribution in [3.63, 3.8) is 0 Å². The van der Waals surface area contributed by atoms with Crippen molar-refractivity contribution in [1.82, 2.24) is 29.4 Å². The summed E-state index contributed by atoms with van der Waals surface area (Å²) in [4.78, 5) is 20.1. The van der Waals surface area contributed by atoms with Gasteiger partial charge >= 0.3 is 0 Å². The minimum atomic E-state index is -0.833. The number of thiazole rings is 1. The molecular weight excluding hydrogens is 364 g/mol. The van der Waals surface area contributed by atoms with E-state index in [9.17, 15) is 9.90 Å². The number of carbonyl (C=O) groups is 1. The largest absolute Gasteiger partial charge is 0.380 e. The smallest absolute Gasteiger partial charge is 0.229 e. The minimum absolute atomic E-state index is 0.0737. The molecule has 0 spiro atoms. The van der Waals surface area contributed by atoms with Crippen LogP contribution in [-0.4, -0.2) is 47.0 Å². The molecule has 3 aromatic heterocycles. The fourth-order valence-electron chi connectivity index (χ4n) is 3.43. The number of hydrogen-bond donors (Lipinski definition) is 1. The third-order valence-electron chi connectivity index (χ3n) is 4.91. The Hall–Kier alpha value is -2.52. The third kappa shape index (κ3) is 3.40. The van der Waals surface area contributed by atoms with Crippen LogP contribution in [0.2, 0.25) is 0 Å². The number of nitrogens with zero attached hydrogens (tertiary/aromatic N) is 6. The van der Waals surface area contributed by atoms with Gasteiger partial charge in [-0.25, -0.2) is 4.98 Å². The van der Waals surface area contributed by atoms with Crippen molar-refractivity contribution in [2.75, 3.05) is 6.54 Å². The zero-order valence-corrected chi connectivity index (χ0v) is 16.4. The summed E-state index contributed by atoms with van der Waals surface area (Å²) in [6.07, 6.45) is 1.15. The van der Waals surface area contributed by atoms with Crippen molar-refractivity contribution in [3.8, 4) is 0 Å². The highest BCUT2D eigenvalue weighted by Gasteiger charge is 2.26. The molecule has 0 bridgehead atoms. The fraction of sp³-hybridized carbons (Fsp3) is 0.444. The average molecular weight is 386 g/mol. The van der Waals surface area contributed by atoms with Gasteiger partial charge < -0.3 is 10.0 Å². The molecule has 4 rings (SSSR count). The number of carbonyl (C=O) groups excluding carboxylic acids is 1. The molecule has 3 aromatic rings. The highest BCUT2D eigenvalue weighted by molar-refractivity contribution is 7.11. The average Bonchev–Trinajstić information content (AvgIpc) is 3.32. The van der Waals surface area contributed by atoms with Gasteiger partial charge in [-0.05, 0) is 26.0 Å². The van der Waals surface area contributed by atoms with Gasteiger partial charge in [0.2, 0.25) is 5.91 Å². The molecule has 0 aliphatic carbocycles. The number of rotatable bonds is 4. The summed E-state index contributed by atoms with van der Waals surface area (Å²) in [6.45, 7) is 5.68. The second-order valence-electron chi connectivity index (χ2n) is 6.79. The van der Waals surface area contributed by atoms with Crippen LogP contribution in [0, 0.1) is 13.8 Å². The Kier molecular flexibility index (Phi) is 4.56. The molecule has 0 saturated heterocycles. The van der Waals surface area contributed by atoms with Crippen LogP contribution in [0.4, 0.5) is 0 Å². The molecule has 0 unspecified atom stereocenters. The van der Waals surface area contributed by atoms with E-state index in [2.05, 4.69) is 15.2 Å². The van der Waals surface area contributed by atoms with Crippen LogP contribution in [0.25, 0.3) is 0 Å². The van der Waals surface area contributed by atoms with Crippen LogP contribution in [0.5, 0.6) is 0 Å². The van der Waals surface area contributed by atoms with E-state index < -0.39 is 6.10 Å². The van der Waals surface area contributed by atoms with E-state index in [0.717, 1.165) is 21.3 Å². The Labute approximate surface area is 161 Å². The van der Waals surface area contributed by atoms with Crippen LogP contribution in [0.15, 0.2) is 18.3 Å². The monoisotopic (exact) mass is 386 g/mol. The summed E-state index contributed by atoms with van der Waals surface area (Å²) in [6, 6.07) is 3.65. The maximum Gasteiger partial charge on any atom is 0.229 e. The van der Waals surface area contributed by atoms with E-state index in [1.165, 1.54) is 0 Å². The van der Waals surface area contributed by atoms with Crippen molar-refractivity contribution in [1.29, 1.82) is 0 Å². The van der Waals surface area contributed by atoms with E-state index in [-0.39, 0.29) is 5.91 Å². The topological polar surface area (TPSA) is 89.1 Å². The van der Waals surface area contributed by atoms with Gasteiger partial charge in [-0.15, -0.1) is 11.3 Å². The SMILES string of the molecule is Cc1nc(CC(=O)N2CCn3nc([C@H](O)c4ccnn4C)cc3C2)c(C)s1. The molecule has 0 saturated carbocycles. The van der Waals surface area contributed by atoms with Crippen LogP contribution in [0.3, 0.4) is 0 Å². The zero-order valence-electron chi connectivity index (χ0n) is 15.6. The van der Waals surface area contributed by atoms with Gasteiger partial charge in [-0.2, -0.15) is 10.2 Å². The molecule has 0 aromatic carbocycles. The molecule has 142 valence electrons. The molecule has 1 atom stereocenters. The molecule has 9 heteroatoms. The van der Waals surface area contributed by atoms with Crippen molar-refractivity contribution >= 4 is 17.2 Å². The molecule has 1 amide bonds. The normalized spacial score (nSPS) is 15.0. The number of hydrogen-bond acceptors (Lipinski definition) is 6. The molecule has 1 aliphatic heterocycles. The van der Waals surface area contributed by atoms with E-state index >= 15 is 0 Å². The molecule has 8 nitrogen and oxygen atoms in total. The number of aromatic nitrogens is 5. The van der Waals surface area contributed by atoms with Gasteiger partial charge in [0.05, 0.1) is 47.3 Å². The first-order chi connectivity index (χ1) is 12.9. The van der Waals surface area contributed by atoms with E-state index in [1.807, 2.05) is 29.5 Å². The minimum Gasteiger partial charge on any atom is -0.380 e. The summed E-state index contributed by atoms with van der Waals surface area (Å²) in [5, 5.41) is 20.2. The lowest BCUT2D eigenvalue weighted by atomic mass is 10.1. The summed E-state index contributed by atoms with van der Waals surface area (Å²) < 4.78 is 3.51. The molecule has 1 N–H and O–H groups in total. The first kappa shape index (κ1) is 17.9. The highest BCUT2D eigenvalue weighted by Crippen LogP contribution is 2.24. The fourth-order valence-corrected chi connectivity index (χ4v) is 4.26. The summed E-state index contributed by atoms with van der Waals surface area (Å²) in [7, 11) is 1.79. The molecule has 0 fully saturated rings. The van der Waals surface area contributed by atoms with E-state index in [1.54, 1.807) is 35.3 Å². The van der Waals surface area contributed by atoms with E-state index in [4.69, 9.17) is 0 Å². The second-order valence-corrected chi connectivity index (χ2v) is 8.20. The lowest BCUT2D eigenvalue weighted by molar-refractivity contribution is -0.132. The molecule has 1 aliphatic rings. The Morgan fingerprint density at radius 1 is 1.37 bits per heavy atom. The zero-order chi connectivity index (χ0) is 19.1. The quantitative estimate of drug-likeness (QED) is 0.731. The Bertz CT molecular complexity index is 988. The van der Waals surface area contributed by atoms with Crippen molar-refractivity contribution < 1.29 is 9.90 Å². The highest BCUT2D eigenvalue weighted by atomic mass is 32.1. The first-order valence-corrected chi connectivity index (χ1v) is 9.67. The number of aliphatic hydroxyl groups is 1. The van der Waals surface area contributed by atoms with Crippen molar-refractivity contribution in [2.45, 2.75) is 39.5 Å². The van der Waals surface area contributed by atoms with Gasteiger partial charge in [0.1, 0.15) is 6.10 Å². The molecule has 4 heterocycles. The number of fused-ring (bicyclic) bond motifs is 1. The predicted molar refractivity (Wildman–Crippen MR) is 100 cm³/mol. The molecule has 27 heavy (non-hydrogen) atoms. The summed E-state index contributed by atoms with van der Waals surface area (Å²) >= 11 is 1.62. The maximum atomic E-state index is 12.7. The van der Waals surface area contributed by atoms with Gasteiger partial charge in [-0.3, -0.25) is 14.2 Å². The first-order valence-electron chi connectivity index (χ1n) is 8.85. The Morgan fingerprint density at radius 2 is 2.19 bits per heavy atom. The summed E-state index contributed by atoms with van der Waals surface area (Å²) in [5.74, 6) is 0.0737. The third-order valence-corrected chi connectivity index (χ3v) is 5.84. The van der Waals surface area contributed by atoms with Crippen molar-refractivity contribution in [3.05, 3.63) is 51.0 Å². The van der Waals surface area contributed by atoms with Gasteiger partial charge in [0.25, 0.3) is 0 Å². The van der Waals surface area contributed by atoms with E-state index in [0.29, 0.717) is 37.4 Å². The van der Waals surface area contributed by atoms with Crippen LogP contribution in [0.1, 0.15) is 38.8 Å². The van der Waals surface area contributed by atoms with Crippen LogP contribution < -0.4 is 0 Å². The number of aryl methyl sites for hydroxylation is 3. The molecular formula is C18H22N6O2S. The lowest BCUT2D eigenvalue weighted by Crippen LogP contribution is -2.39. The van der Waals surface area contributed by atoms with Crippen LogP contribution >= 0.6 is 11.3 Å².